The molecule has 4 nitrogen and oxygen atoms in total. The number of fused-ring (bicyclic) bond motifs is 2. The van der Waals surface area contributed by atoms with E-state index >= 15 is 0 Å². The SMILES string of the molecule is CC1(C)O[B]OC1(C)C.O=C1Nc2ccccc2C12CC2. The van der Waals surface area contributed by atoms with Crippen LogP contribution >= 0.6 is 0 Å². The van der Waals surface area contributed by atoms with Crippen molar-refractivity contribution in [1.29, 1.82) is 0 Å². The van der Waals surface area contributed by atoms with Crippen molar-refractivity contribution in [2.75, 3.05) is 5.32 Å². The summed E-state index contributed by atoms with van der Waals surface area (Å²) >= 11 is 0. The first kappa shape index (κ1) is 14.6. The van der Waals surface area contributed by atoms with Gasteiger partial charge in [0.2, 0.25) is 5.91 Å². The molecule has 1 spiro atoms. The van der Waals surface area contributed by atoms with E-state index < -0.39 is 0 Å². The van der Waals surface area contributed by atoms with Gasteiger partial charge in [-0.2, -0.15) is 0 Å². The number of benzene rings is 1. The summed E-state index contributed by atoms with van der Waals surface area (Å²) < 4.78 is 10.4. The molecule has 1 aliphatic carbocycles. The minimum Gasteiger partial charge on any atom is -0.405 e. The fourth-order valence-corrected chi connectivity index (χ4v) is 2.54. The van der Waals surface area contributed by atoms with Gasteiger partial charge in [0.1, 0.15) is 0 Å². The number of carbonyl (C=O) groups excluding carboxylic acids is 1. The van der Waals surface area contributed by atoms with Crippen molar-refractivity contribution in [3.8, 4) is 0 Å². The van der Waals surface area contributed by atoms with Gasteiger partial charge in [-0.25, -0.2) is 0 Å². The molecule has 111 valence electrons. The van der Waals surface area contributed by atoms with Gasteiger partial charge in [-0.3, -0.25) is 4.79 Å². The molecule has 0 bridgehead atoms. The molecule has 1 radical (unpaired) electrons. The number of para-hydroxylation sites is 1. The number of hydrogen-bond acceptors (Lipinski definition) is 3. The summed E-state index contributed by atoms with van der Waals surface area (Å²) in [6.45, 7) is 8.04. The van der Waals surface area contributed by atoms with Crippen LogP contribution in [0.2, 0.25) is 0 Å². The highest BCUT2D eigenvalue weighted by molar-refractivity contribution is 6.19. The van der Waals surface area contributed by atoms with Crippen LogP contribution in [0.5, 0.6) is 0 Å². The fraction of sp³-hybridized carbons (Fsp3) is 0.562. The van der Waals surface area contributed by atoms with Crippen LogP contribution in [-0.4, -0.2) is 24.8 Å². The van der Waals surface area contributed by atoms with Crippen molar-refractivity contribution in [2.45, 2.75) is 57.2 Å². The van der Waals surface area contributed by atoms with E-state index in [-0.39, 0.29) is 22.5 Å². The van der Waals surface area contributed by atoms with Gasteiger partial charge in [0.25, 0.3) is 0 Å². The van der Waals surface area contributed by atoms with E-state index in [2.05, 4.69) is 11.4 Å². The molecule has 0 atom stereocenters. The Balaban J connectivity index is 0.000000133. The summed E-state index contributed by atoms with van der Waals surface area (Å²) in [6, 6.07) is 7.99. The zero-order valence-electron chi connectivity index (χ0n) is 13.0. The number of hydrogen-bond donors (Lipinski definition) is 1. The van der Waals surface area contributed by atoms with E-state index in [1.54, 1.807) is 0 Å². The van der Waals surface area contributed by atoms with Gasteiger partial charge < -0.3 is 14.6 Å². The smallest absolute Gasteiger partial charge is 0.405 e. The van der Waals surface area contributed by atoms with E-state index in [1.807, 2.05) is 45.9 Å². The Hall–Kier alpha value is -1.33. The van der Waals surface area contributed by atoms with Crippen LogP contribution in [0, 0.1) is 0 Å². The first-order valence-electron chi connectivity index (χ1n) is 7.37. The van der Waals surface area contributed by atoms with Crippen molar-refractivity contribution in [2.24, 2.45) is 0 Å². The Bertz CT molecular complexity index is 565. The molecule has 21 heavy (non-hydrogen) atoms. The largest absolute Gasteiger partial charge is 0.488 e. The predicted molar refractivity (Wildman–Crippen MR) is 82.1 cm³/mol. The van der Waals surface area contributed by atoms with Crippen LogP contribution in [-0.2, 0) is 19.5 Å². The topological polar surface area (TPSA) is 47.6 Å². The molecule has 1 N–H and O–H groups in total. The first-order chi connectivity index (χ1) is 9.79. The number of nitrogens with one attached hydrogen (secondary N) is 1. The Morgan fingerprint density at radius 2 is 1.62 bits per heavy atom. The van der Waals surface area contributed by atoms with E-state index in [9.17, 15) is 4.79 Å². The quantitative estimate of drug-likeness (QED) is 0.746. The number of anilines is 1. The van der Waals surface area contributed by atoms with Crippen LogP contribution in [0.15, 0.2) is 24.3 Å². The maximum Gasteiger partial charge on any atom is 0.488 e. The molecular weight excluding hydrogens is 265 g/mol. The van der Waals surface area contributed by atoms with Crippen LogP contribution in [0.25, 0.3) is 0 Å². The summed E-state index contributed by atoms with van der Waals surface area (Å²) in [5, 5.41) is 2.91. The lowest BCUT2D eigenvalue weighted by molar-refractivity contribution is -0.117. The molecule has 5 heteroatoms. The summed E-state index contributed by atoms with van der Waals surface area (Å²) in [7, 11) is 1.42. The maximum absolute atomic E-state index is 11.5. The van der Waals surface area contributed by atoms with Gasteiger partial charge in [0, 0.05) is 5.69 Å². The lowest BCUT2D eigenvalue weighted by Gasteiger charge is -2.32. The average molecular weight is 286 g/mol. The summed E-state index contributed by atoms with van der Waals surface area (Å²) in [5.41, 5.74) is 1.73. The normalized spacial score (nSPS) is 25.4. The number of carbonyl (C=O) groups is 1. The summed E-state index contributed by atoms with van der Waals surface area (Å²) in [6.07, 6.45) is 2.05. The van der Waals surface area contributed by atoms with Gasteiger partial charge in [0.05, 0.1) is 16.6 Å². The standard InChI is InChI=1S/C10H9NO.C6H12BO2/c12-9-10(5-6-10)7-3-1-2-4-8(7)11-9;1-5(2)6(3,4)9-7-8-5/h1-4H,5-6H2,(H,11,12);1-4H3. The highest BCUT2D eigenvalue weighted by atomic mass is 16.7. The highest BCUT2D eigenvalue weighted by Gasteiger charge is 2.55. The molecule has 1 saturated carbocycles. The van der Waals surface area contributed by atoms with Crippen LogP contribution in [0.4, 0.5) is 5.69 Å². The van der Waals surface area contributed by atoms with Gasteiger partial charge in [0.15, 0.2) is 0 Å². The van der Waals surface area contributed by atoms with Crippen molar-refractivity contribution < 1.29 is 14.1 Å². The van der Waals surface area contributed by atoms with E-state index in [1.165, 1.54) is 13.2 Å². The van der Waals surface area contributed by atoms with Crippen LogP contribution in [0.3, 0.4) is 0 Å². The van der Waals surface area contributed by atoms with Crippen molar-refractivity contribution in [3.63, 3.8) is 0 Å². The lowest BCUT2D eigenvalue weighted by atomic mass is 9.90. The molecule has 3 aliphatic rings. The molecule has 1 saturated heterocycles. The molecule has 2 fully saturated rings. The van der Waals surface area contributed by atoms with Gasteiger partial charge in [-0.15, -0.1) is 0 Å². The molecule has 1 aromatic carbocycles. The van der Waals surface area contributed by atoms with E-state index in [4.69, 9.17) is 9.31 Å². The summed E-state index contributed by atoms with van der Waals surface area (Å²) in [4.78, 5) is 11.5. The summed E-state index contributed by atoms with van der Waals surface area (Å²) in [5.74, 6) is 0.198. The molecule has 2 aliphatic heterocycles. The van der Waals surface area contributed by atoms with Gasteiger partial charge >= 0.3 is 7.69 Å². The van der Waals surface area contributed by atoms with Crippen LogP contribution < -0.4 is 5.32 Å². The van der Waals surface area contributed by atoms with Crippen molar-refractivity contribution in [3.05, 3.63) is 29.8 Å². The third-order valence-electron chi connectivity index (χ3n) is 5.01. The molecule has 1 amide bonds. The van der Waals surface area contributed by atoms with Crippen LogP contribution in [0.1, 0.15) is 46.1 Å². The van der Waals surface area contributed by atoms with Gasteiger partial charge in [-0.1, -0.05) is 18.2 Å². The second-order valence-corrected chi connectivity index (χ2v) is 6.93. The second-order valence-electron chi connectivity index (χ2n) is 6.93. The first-order valence-corrected chi connectivity index (χ1v) is 7.37. The second kappa shape index (κ2) is 4.58. The Kier molecular flexibility index (Phi) is 3.19. The van der Waals surface area contributed by atoms with E-state index in [0.29, 0.717) is 0 Å². The predicted octanol–water partition coefficient (Wildman–Crippen LogP) is 2.79. The third kappa shape index (κ3) is 2.28. The molecule has 0 aromatic heterocycles. The molecule has 4 rings (SSSR count). The monoisotopic (exact) mass is 286 g/mol. The zero-order valence-corrected chi connectivity index (χ0v) is 13.0. The minimum atomic E-state index is -0.188. The average Bonchev–Trinajstić information content (AvgIpc) is 3.10. The Labute approximate surface area is 126 Å². The fourth-order valence-electron chi connectivity index (χ4n) is 2.54. The minimum absolute atomic E-state index is 0.114. The molecule has 0 unspecified atom stereocenters. The Morgan fingerprint density at radius 3 is 2.10 bits per heavy atom. The maximum atomic E-state index is 11.5. The van der Waals surface area contributed by atoms with Crippen molar-refractivity contribution in [1.82, 2.24) is 0 Å². The number of rotatable bonds is 0. The lowest BCUT2D eigenvalue weighted by Crippen LogP contribution is -2.41. The van der Waals surface area contributed by atoms with E-state index in [0.717, 1.165) is 18.5 Å². The molecule has 2 heterocycles. The highest BCUT2D eigenvalue weighted by Crippen LogP contribution is 2.54. The molecular formula is C16H21BNO3. The third-order valence-corrected chi connectivity index (χ3v) is 5.01. The van der Waals surface area contributed by atoms with Gasteiger partial charge in [-0.05, 0) is 52.2 Å². The zero-order chi connectivity index (χ0) is 15.3. The molecule has 1 aromatic rings. The number of amides is 1. The Morgan fingerprint density at radius 1 is 1.05 bits per heavy atom. The van der Waals surface area contributed by atoms with Crippen molar-refractivity contribution >= 4 is 19.3 Å².